The quantitative estimate of drug-likeness (QED) is 0.753. The fourth-order valence-electron chi connectivity index (χ4n) is 1.54. The number of aliphatic hydroxyl groups excluding tert-OH is 1. The zero-order valence-corrected chi connectivity index (χ0v) is 9.66. The average Bonchev–Trinajstić information content (AvgIpc) is 2.18. The predicted octanol–water partition coefficient (Wildman–Crippen LogP) is 0.853. The van der Waals surface area contributed by atoms with Crippen molar-refractivity contribution >= 4 is 15.9 Å². The van der Waals surface area contributed by atoms with Gasteiger partial charge in [-0.3, -0.25) is 4.90 Å². The van der Waals surface area contributed by atoms with Crippen LogP contribution < -0.4 is 0 Å². The molecular formula is C9H18BrNO2. The molecule has 0 aromatic heterocycles. The molecule has 3 nitrogen and oxygen atoms in total. The molecule has 0 radical (unpaired) electrons. The van der Waals surface area contributed by atoms with E-state index in [1.54, 1.807) is 0 Å². The van der Waals surface area contributed by atoms with E-state index in [1.165, 1.54) is 0 Å². The van der Waals surface area contributed by atoms with E-state index in [1.807, 2.05) is 0 Å². The standard InChI is InChI=1S/C9H18BrNO2/c1-2-9-7-11(3-4-13-9)6-8(12)5-10/h8-9,12H,2-7H2,1H3. The highest BCUT2D eigenvalue weighted by molar-refractivity contribution is 9.09. The summed E-state index contributed by atoms with van der Waals surface area (Å²) in [6.07, 6.45) is 1.16. The van der Waals surface area contributed by atoms with Gasteiger partial charge in [0, 0.05) is 25.0 Å². The number of halogens is 1. The zero-order chi connectivity index (χ0) is 9.68. The van der Waals surface area contributed by atoms with Crippen LogP contribution in [0.5, 0.6) is 0 Å². The van der Waals surface area contributed by atoms with Gasteiger partial charge in [-0.2, -0.15) is 0 Å². The van der Waals surface area contributed by atoms with Crippen LogP contribution in [-0.2, 0) is 4.74 Å². The van der Waals surface area contributed by atoms with Gasteiger partial charge in [-0.1, -0.05) is 22.9 Å². The van der Waals surface area contributed by atoms with Crippen LogP contribution in [0.2, 0.25) is 0 Å². The van der Waals surface area contributed by atoms with Gasteiger partial charge >= 0.3 is 0 Å². The lowest BCUT2D eigenvalue weighted by Gasteiger charge is -2.33. The number of hydrogen-bond donors (Lipinski definition) is 1. The van der Waals surface area contributed by atoms with Crippen LogP contribution >= 0.6 is 15.9 Å². The van der Waals surface area contributed by atoms with Gasteiger partial charge in [0.25, 0.3) is 0 Å². The van der Waals surface area contributed by atoms with Crippen molar-refractivity contribution in [3.8, 4) is 0 Å². The van der Waals surface area contributed by atoms with Gasteiger partial charge in [-0.25, -0.2) is 0 Å². The number of nitrogens with zero attached hydrogens (tertiary/aromatic N) is 1. The minimum Gasteiger partial charge on any atom is -0.391 e. The summed E-state index contributed by atoms with van der Waals surface area (Å²) in [7, 11) is 0. The van der Waals surface area contributed by atoms with E-state index in [9.17, 15) is 5.11 Å². The molecule has 1 heterocycles. The Morgan fingerprint density at radius 1 is 1.69 bits per heavy atom. The molecule has 2 unspecified atom stereocenters. The van der Waals surface area contributed by atoms with Crippen LogP contribution in [0.25, 0.3) is 0 Å². The fraction of sp³-hybridized carbons (Fsp3) is 1.00. The maximum Gasteiger partial charge on any atom is 0.0763 e. The van der Waals surface area contributed by atoms with Crippen LogP contribution in [0.15, 0.2) is 0 Å². The molecule has 0 aliphatic carbocycles. The molecule has 1 saturated heterocycles. The normalized spacial score (nSPS) is 27.5. The lowest BCUT2D eigenvalue weighted by Crippen LogP contribution is -2.45. The molecule has 0 saturated carbocycles. The second-order valence-corrected chi connectivity index (χ2v) is 4.12. The van der Waals surface area contributed by atoms with E-state index < -0.39 is 0 Å². The van der Waals surface area contributed by atoms with Gasteiger partial charge in [0.05, 0.1) is 18.8 Å². The number of ether oxygens (including phenoxy) is 1. The van der Waals surface area contributed by atoms with Crippen molar-refractivity contribution < 1.29 is 9.84 Å². The maximum atomic E-state index is 9.44. The second kappa shape index (κ2) is 5.96. The average molecular weight is 252 g/mol. The van der Waals surface area contributed by atoms with Gasteiger partial charge in [0.1, 0.15) is 0 Å². The van der Waals surface area contributed by atoms with Crippen molar-refractivity contribution in [2.75, 3.05) is 31.6 Å². The number of morpholine rings is 1. The Labute approximate surface area is 88.2 Å². The molecule has 0 aromatic rings. The summed E-state index contributed by atoms with van der Waals surface area (Å²) >= 11 is 3.27. The van der Waals surface area contributed by atoms with Crippen molar-refractivity contribution in [3.63, 3.8) is 0 Å². The molecule has 0 spiro atoms. The number of rotatable bonds is 4. The minimum atomic E-state index is -0.254. The van der Waals surface area contributed by atoms with Crippen molar-refractivity contribution in [3.05, 3.63) is 0 Å². The monoisotopic (exact) mass is 251 g/mol. The Balaban J connectivity index is 2.25. The molecule has 1 rings (SSSR count). The molecule has 2 atom stereocenters. The first-order valence-corrected chi connectivity index (χ1v) is 5.96. The SMILES string of the molecule is CCC1CN(CC(O)CBr)CCO1. The van der Waals surface area contributed by atoms with Crippen molar-refractivity contribution in [2.45, 2.75) is 25.6 Å². The third kappa shape index (κ3) is 3.94. The second-order valence-electron chi connectivity index (χ2n) is 3.47. The third-order valence-electron chi connectivity index (χ3n) is 2.33. The Bertz CT molecular complexity index is 144. The van der Waals surface area contributed by atoms with Crippen molar-refractivity contribution in [1.29, 1.82) is 0 Å². The molecule has 1 fully saturated rings. The highest BCUT2D eigenvalue weighted by atomic mass is 79.9. The largest absolute Gasteiger partial charge is 0.391 e. The lowest BCUT2D eigenvalue weighted by atomic mass is 10.2. The number of β-amino-alcohol motifs (C(OH)–C–C–N with tert-alkyl or cyclic N) is 1. The Morgan fingerprint density at radius 3 is 3.08 bits per heavy atom. The highest BCUT2D eigenvalue weighted by Gasteiger charge is 2.20. The predicted molar refractivity (Wildman–Crippen MR) is 56.3 cm³/mol. The maximum absolute atomic E-state index is 9.44. The Morgan fingerprint density at radius 2 is 2.46 bits per heavy atom. The minimum absolute atomic E-state index is 0.254. The topological polar surface area (TPSA) is 32.7 Å². The first-order valence-electron chi connectivity index (χ1n) is 4.84. The van der Waals surface area contributed by atoms with Crippen LogP contribution in [0.4, 0.5) is 0 Å². The van der Waals surface area contributed by atoms with Gasteiger partial charge in [0.2, 0.25) is 0 Å². The lowest BCUT2D eigenvalue weighted by molar-refractivity contribution is -0.0393. The van der Waals surface area contributed by atoms with E-state index in [0.29, 0.717) is 11.4 Å². The summed E-state index contributed by atoms with van der Waals surface area (Å²) in [5, 5.41) is 10.1. The first-order chi connectivity index (χ1) is 6.26. The molecule has 1 aliphatic heterocycles. The van der Waals surface area contributed by atoms with Crippen molar-refractivity contribution in [1.82, 2.24) is 4.90 Å². The van der Waals surface area contributed by atoms with Crippen molar-refractivity contribution in [2.24, 2.45) is 0 Å². The van der Waals surface area contributed by atoms with Gasteiger partial charge in [-0.15, -0.1) is 0 Å². The molecule has 1 aliphatic rings. The van der Waals surface area contributed by atoms with E-state index in [-0.39, 0.29) is 6.10 Å². The van der Waals surface area contributed by atoms with E-state index in [0.717, 1.165) is 32.7 Å². The van der Waals surface area contributed by atoms with Crippen LogP contribution in [0.1, 0.15) is 13.3 Å². The third-order valence-corrected chi connectivity index (χ3v) is 3.07. The summed E-state index contributed by atoms with van der Waals surface area (Å²) in [5.41, 5.74) is 0. The number of alkyl halides is 1. The molecule has 0 bridgehead atoms. The van der Waals surface area contributed by atoms with Crippen LogP contribution in [-0.4, -0.2) is 53.8 Å². The van der Waals surface area contributed by atoms with E-state index >= 15 is 0 Å². The molecule has 0 amide bonds. The first kappa shape index (κ1) is 11.4. The van der Waals surface area contributed by atoms with Crippen LogP contribution in [0.3, 0.4) is 0 Å². The Hall–Kier alpha value is 0.360. The molecule has 13 heavy (non-hydrogen) atoms. The van der Waals surface area contributed by atoms with Crippen LogP contribution in [0, 0.1) is 0 Å². The van der Waals surface area contributed by atoms with E-state index in [4.69, 9.17) is 4.74 Å². The summed E-state index contributed by atoms with van der Waals surface area (Å²) in [6, 6.07) is 0. The molecule has 78 valence electrons. The molecule has 0 aromatic carbocycles. The summed E-state index contributed by atoms with van der Waals surface area (Å²) in [6.45, 7) is 5.59. The fourth-order valence-corrected chi connectivity index (χ4v) is 1.74. The highest BCUT2D eigenvalue weighted by Crippen LogP contribution is 2.08. The van der Waals surface area contributed by atoms with Gasteiger partial charge < -0.3 is 9.84 Å². The van der Waals surface area contributed by atoms with E-state index in [2.05, 4.69) is 27.8 Å². The molecule has 4 heteroatoms. The molecule has 1 N–H and O–H groups in total. The Kier molecular flexibility index (Phi) is 5.24. The molecular weight excluding hydrogens is 234 g/mol. The summed E-state index contributed by atoms with van der Waals surface area (Å²) in [5.74, 6) is 0. The number of hydrogen-bond acceptors (Lipinski definition) is 3. The van der Waals surface area contributed by atoms with Gasteiger partial charge in [0.15, 0.2) is 0 Å². The zero-order valence-electron chi connectivity index (χ0n) is 8.08. The summed E-state index contributed by atoms with van der Waals surface area (Å²) in [4.78, 5) is 2.27. The smallest absolute Gasteiger partial charge is 0.0763 e. The summed E-state index contributed by atoms with van der Waals surface area (Å²) < 4.78 is 5.54. The van der Waals surface area contributed by atoms with Gasteiger partial charge in [-0.05, 0) is 6.42 Å². The number of aliphatic hydroxyl groups is 1.